The molecule has 0 aliphatic heterocycles. The molecule has 0 aromatic heterocycles. The monoisotopic (exact) mass is 1000 g/mol. The van der Waals surface area contributed by atoms with Crippen LogP contribution in [0.15, 0.2) is 0 Å². The zero-order valence-electron chi connectivity index (χ0n) is 46.8. The molecule has 0 radical (unpaired) electrons. The second kappa shape index (κ2) is 51.9. The van der Waals surface area contributed by atoms with Gasteiger partial charge in [0.15, 0.2) is 6.10 Å². The number of quaternary nitrogens is 1. The number of hydrogen-bond acceptors (Lipinski definition) is 7. The Morgan fingerprint density at radius 3 is 0.928 bits per heavy atom. The average Bonchev–Trinajstić information content (AvgIpc) is 3.31. The zero-order valence-corrected chi connectivity index (χ0v) is 47.7. The van der Waals surface area contributed by atoms with E-state index in [-0.39, 0.29) is 25.6 Å². The molecule has 0 aliphatic rings. The summed E-state index contributed by atoms with van der Waals surface area (Å²) in [6, 6.07) is 0. The molecular formula is C59H119NO8P+. The Labute approximate surface area is 429 Å². The van der Waals surface area contributed by atoms with E-state index in [0.29, 0.717) is 17.4 Å². The molecule has 69 heavy (non-hydrogen) atoms. The second-order valence-electron chi connectivity index (χ2n) is 22.1. The molecule has 0 aromatic rings. The van der Waals surface area contributed by atoms with E-state index in [9.17, 15) is 19.0 Å². The minimum absolute atomic E-state index is 0.0375. The third-order valence-electron chi connectivity index (χ3n) is 13.9. The van der Waals surface area contributed by atoms with Crippen LogP contribution in [0.25, 0.3) is 0 Å². The van der Waals surface area contributed by atoms with Gasteiger partial charge in [0.1, 0.15) is 19.8 Å². The number of nitrogens with zero attached hydrogens (tertiary/aromatic N) is 1. The number of phosphoric ester groups is 1. The Kier molecular flexibility index (Phi) is 51.1. The standard InChI is InChI=1S/C59H118NO8P/c1-6-8-10-12-14-16-18-20-22-24-26-27-28-29-30-31-32-33-34-36-38-40-42-44-46-48-50-52-59(62)68-57(56-67-69(63,64)66-54-53-60(3,4)5)55-65-58(61)51-49-47-45-43-41-39-37-35-25-23-21-19-17-15-13-11-9-7-2/h57H,6-56H2,1-5H3/p+1. The lowest BCUT2D eigenvalue weighted by molar-refractivity contribution is -0.870. The molecule has 0 heterocycles. The Balaban J connectivity index is 4.05. The smallest absolute Gasteiger partial charge is 0.462 e. The molecule has 0 saturated heterocycles. The molecule has 1 N–H and O–H groups in total. The first kappa shape index (κ1) is 68.0. The van der Waals surface area contributed by atoms with Gasteiger partial charge in [0, 0.05) is 12.8 Å². The first-order chi connectivity index (χ1) is 33.5. The lowest BCUT2D eigenvalue weighted by atomic mass is 10.0. The van der Waals surface area contributed by atoms with Crippen LogP contribution >= 0.6 is 7.82 Å². The third-order valence-corrected chi connectivity index (χ3v) is 14.9. The first-order valence-electron chi connectivity index (χ1n) is 30.3. The quantitative estimate of drug-likeness (QED) is 0.0278. The van der Waals surface area contributed by atoms with Gasteiger partial charge >= 0.3 is 19.8 Å². The lowest BCUT2D eigenvalue weighted by Crippen LogP contribution is -2.37. The highest BCUT2D eigenvalue weighted by Crippen LogP contribution is 2.43. The highest BCUT2D eigenvalue weighted by atomic mass is 31.2. The molecule has 0 spiro atoms. The first-order valence-corrected chi connectivity index (χ1v) is 31.8. The van der Waals surface area contributed by atoms with Crippen molar-refractivity contribution in [1.29, 1.82) is 0 Å². The van der Waals surface area contributed by atoms with Gasteiger partial charge in [-0.1, -0.05) is 290 Å². The number of esters is 2. The fourth-order valence-electron chi connectivity index (χ4n) is 9.20. The lowest BCUT2D eigenvalue weighted by Gasteiger charge is -2.24. The number of hydrogen-bond donors (Lipinski definition) is 1. The Morgan fingerprint density at radius 1 is 0.391 bits per heavy atom. The van der Waals surface area contributed by atoms with Crippen LogP contribution in [0.5, 0.6) is 0 Å². The van der Waals surface area contributed by atoms with Crippen LogP contribution in [0.1, 0.15) is 316 Å². The molecule has 0 amide bonds. The summed E-state index contributed by atoms with van der Waals surface area (Å²) in [4.78, 5) is 35.7. The van der Waals surface area contributed by atoms with Crippen LogP contribution in [0.2, 0.25) is 0 Å². The van der Waals surface area contributed by atoms with Crippen molar-refractivity contribution in [3.05, 3.63) is 0 Å². The zero-order chi connectivity index (χ0) is 50.6. The minimum atomic E-state index is -4.38. The second-order valence-corrected chi connectivity index (χ2v) is 23.6. The largest absolute Gasteiger partial charge is 0.472 e. The van der Waals surface area contributed by atoms with Gasteiger partial charge in [-0.25, -0.2) is 4.57 Å². The maximum atomic E-state index is 12.8. The summed E-state index contributed by atoms with van der Waals surface area (Å²) < 4.78 is 34.6. The van der Waals surface area contributed by atoms with Crippen LogP contribution in [0.4, 0.5) is 0 Å². The Hall–Kier alpha value is -0.990. The minimum Gasteiger partial charge on any atom is -0.462 e. The van der Waals surface area contributed by atoms with Crippen molar-refractivity contribution in [2.24, 2.45) is 0 Å². The van der Waals surface area contributed by atoms with Crippen molar-refractivity contribution in [3.8, 4) is 0 Å². The molecule has 0 saturated carbocycles. The normalized spacial score (nSPS) is 13.2. The molecule has 0 fully saturated rings. The van der Waals surface area contributed by atoms with E-state index in [0.717, 1.165) is 38.5 Å². The Morgan fingerprint density at radius 2 is 0.652 bits per heavy atom. The van der Waals surface area contributed by atoms with Crippen molar-refractivity contribution < 1.29 is 42.1 Å². The number of phosphoric acid groups is 1. The predicted molar refractivity (Wildman–Crippen MR) is 294 cm³/mol. The summed E-state index contributed by atoms with van der Waals surface area (Å²) in [7, 11) is 1.50. The van der Waals surface area contributed by atoms with E-state index in [1.165, 1.54) is 250 Å². The highest BCUT2D eigenvalue weighted by molar-refractivity contribution is 7.47. The average molecular weight is 1000 g/mol. The highest BCUT2D eigenvalue weighted by Gasteiger charge is 2.27. The predicted octanol–water partition coefficient (Wildman–Crippen LogP) is 18.7. The SMILES string of the molecule is CCCCCCCCCCCCCCCCCCCCCCCCCCCCCC(=O)OC(COC(=O)CCCCCCCCCCCCCCCCCCCC)COP(=O)(O)OCC[N+](C)(C)C. The van der Waals surface area contributed by atoms with E-state index in [2.05, 4.69) is 13.8 Å². The van der Waals surface area contributed by atoms with Crippen LogP contribution < -0.4 is 0 Å². The third kappa shape index (κ3) is 56.2. The molecule has 0 aromatic carbocycles. The number of likely N-dealkylation sites (N-methyl/N-ethyl adjacent to an activating group) is 1. The fourth-order valence-corrected chi connectivity index (χ4v) is 9.94. The summed E-state index contributed by atoms with van der Waals surface area (Å²) >= 11 is 0. The molecule has 0 rings (SSSR count). The molecule has 9 nitrogen and oxygen atoms in total. The summed E-state index contributed by atoms with van der Waals surface area (Å²) in [6.45, 7) is 4.51. The number of carbonyl (C=O) groups is 2. The molecule has 2 unspecified atom stereocenters. The number of unbranched alkanes of at least 4 members (excludes halogenated alkanes) is 43. The number of carbonyl (C=O) groups excluding carboxylic acids is 2. The molecular weight excluding hydrogens is 882 g/mol. The summed E-state index contributed by atoms with van der Waals surface area (Å²) in [5, 5.41) is 0. The Bertz CT molecular complexity index is 1130. The van der Waals surface area contributed by atoms with Gasteiger partial charge in [0.2, 0.25) is 0 Å². The van der Waals surface area contributed by atoms with Gasteiger partial charge < -0.3 is 18.9 Å². The van der Waals surface area contributed by atoms with E-state index in [4.69, 9.17) is 18.5 Å². The van der Waals surface area contributed by atoms with E-state index in [1.54, 1.807) is 0 Å². The van der Waals surface area contributed by atoms with Crippen molar-refractivity contribution in [3.63, 3.8) is 0 Å². The van der Waals surface area contributed by atoms with Crippen molar-refractivity contribution >= 4 is 19.8 Å². The van der Waals surface area contributed by atoms with Crippen molar-refractivity contribution in [1.82, 2.24) is 0 Å². The van der Waals surface area contributed by atoms with E-state index in [1.807, 2.05) is 21.1 Å². The molecule has 2 atom stereocenters. The number of rotatable bonds is 57. The van der Waals surface area contributed by atoms with Gasteiger partial charge in [-0.2, -0.15) is 0 Å². The van der Waals surface area contributed by atoms with Crippen LogP contribution in [-0.2, 0) is 32.7 Å². The molecule has 10 heteroatoms. The van der Waals surface area contributed by atoms with Crippen molar-refractivity contribution in [2.75, 3.05) is 47.5 Å². The van der Waals surface area contributed by atoms with Gasteiger partial charge in [0.05, 0.1) is 27.7 Å². The number of ether oxygens (including phenoxy) is 2. The molecule has 0 aliphatic carbocycles. The topological polar surface area (TPSA) is 108 Å². The van der Waals surface area contributed by atoms with Crippen LogP contribution in [0, 0.1) is 0 Å². The van der Waals surface area contributed by atoms with Gasteiger partial charge in [-0.3, -0.25) is 18.6 Å². The maximum absolute atomic E-state index is 12.8. The molecule has 412 valence electrons. The van der Waals surface area contributed by atoms with Gasteiger partial charge in [-0.15, -0.1) is 0 Å². The molecule has 0 bridgehead atoms. The van der Waals surface area contributed by atoms with Crippen LogP contribution in [0.3, 0.4) is 0 Å². The van der Waals surface area contributed by atoms with Gasteiger partial charge in [0.25, 0.3) is 0 Å². The summed E-state index contributed by atoms with van der Waals surface area (Å²) in [5.41, 5.74) is 0. The van der Waals surface area contributed by atoms with E-state index >= 15 is 0 Å². The van der Waals surface area contributed by atoms with Gasteiger partial charge in [-0.05, 0) is 12.8 Å². The van der Waals surface area contributed by atoms with Crippen molar-refractivity contribution in [2.45, 2.75) is 322 Å². The maximum Gasteiger partial charge on any atom is 0.472 e. The summed E-state index contributed by atoms with van der Waals surface area (Å²) in [6.07, 6.45) is 58.9. The van der Waals surface area contributed by atoms with Crippen LogP contribution in [-0.4, -0.2) is 74.9 Å². The fraction of sp³-hybridized carbons (Fsp3) is 0.966. The summed E-state index contributed by atoms with van der Waals surface area (Å²) in [5.74, 6) is -0.772. The van der Waals surface area contributed by atoms with E-state index < -0.39 is 26.5 Å².